The molecule has 0 aliphatic carbocycles. The summed E-state index contributed by atoms with van der Waals surface area (Å²) < 4.78 is 0. The van der Waals surface area contributed by atoms with Crippen LogP contribution in [0, 0.1) is 0 Å². The molecule has 1 rings (SSSR count). The Labute approximate surface area is 109 Å². The SMILES string of the molecule is Cl.O=C(O)CCCCCCCc1cccnc1. The van der Waals surface area contributed by atoms with Crippen LogP contribution in [0.4, 0.5) is 0 Å². The van der Waals surface area contributed by atoms with E-state index in [0.29, 0.717) is 6.42 Å². The van der Waals surface area contributed by atoms with Gasteiger partial charge in [-0.2, -0.15) is 0 Å². The molecule has 17 heavy (non-hydrogen) atoms. The fraction of sp³-hybridized carbons (Fsp3) is 0.538. The molecule has 0 fully saturated rings. The average molecular weight is 258 g/mol. The van der Waals surface area contributed by atoms with Crippen molar-refractivity contribution in [1.82, 2.24) is 4.98 Å². The maximum atomic E-state index is 10.3. The summed E-state index contributed by atoms with van der Waals surface area (Å²) in [5.41, 5.74) is 1.29. The van der Waals surface area contributed by atoms with Crippen LogP contribution in [0.5, 0.6) is 0 Å². The Morgan fingerprint density at radius 1 is 1.18 bits per heavy atom. The molecule has 0 aliphatic heterocycles. The van der Waals surface area contributed by atoms with Crippen molar-refractivity contribution in [3.8, 4) is 0 Å². The minimum absolute atomic E-state index is 0. The number of hydrogen-bond donors (Lipinski definition) is 1. The third-order valence-corrected chi connectivity index (χ3v) is 2.58. The molecular formula is C13H20ClNO2. The van der Waals surface area contributed by atoms with Gasteiger partial charge in [0.1, 0.15) is 0 Å². The van der Waals surface area contributed by atoms with Crippen molar-refractivity contribution >= 4 is 18.4 Å². The molecule has 0 saturated carbocycles. The first-order valence-corrected chi connectivity index (χ1v) is 5.90. The number of nitrogens with zero attached hydrogens (tertiary/aromatic N) is 1. The van der Waals surface area contributed by atoms with Gasteiger partial charge in [0, 0.05) is 18.8 Å². The average Bonchev–Trinajstić information content (AvgIpc) is 2.29. The van der Waals surface area contributed by atoms with Crippen molar-refractivity contribution in [2.24, 2.45) is 0 Å². The minimum atomic E-state index is -0.685. The van der Waals surface area contributed by atoms with Gasteiger partial charge in [-0.3, -0.25) is 9.78 Å². The van der Waals surface area contributed by atoms with E-state index in [2.05, 4.69) is 11.1 Å². The van der Waals surface area contributed by atoms with Crippen molar-refractivity contribution in [3.63, 3.8) is 0 Å². The van der Waals surface area contributed by atoms with E-state index < -0.39 is 5.97 Å². The Morgan fingerprint density at radius 2 is 1.88 bits per heavy atom. The Kier molecular flexibility index (Phi) is 9.44. The summed E-state index contributed by atoms with van der Waals surface area (Å²) >= 11 is 0. The lowest BCUT2D eigenvalue weighted by atomic mass is 10.1. The van der Waals surface area contributed by atoms with E-state index in [1.54, 1.807) is 6.20 Å². The van der Waals surface area contributed by atoms with E-state index >= 15 is 0 Å². The van der Waals surface area contributed by atoms with E-state index in [4.69, 9.17) is 5.11 Å². The highest BCUT2D eigenvalue weighted by Crippen LogP contribution is 2.08. The number of rotatable bonds is 8. The van der Waals surface area contributed by atoms with Crippen LogP contribution in [-0.4, -0.2) is 16.1 Å². The summed E-state index contributed by atoms with van der Waals surface area (Å²) in [5, 5.41) is 8.46. The van der Waals surface area contributed by atoms with Crippen LogP contribution in [0.3, 0.4) is 0 Å². The standard InChI is InChI=1S/C13H19NO2.ClH/c15-13(16)9-5-3-1-2-4-7-12-8-6-10-14-11-12;/h6,8,10-11H,1-5,7,9H2,(H,15,16);1H. The van der Waals surface area contributed by atoms with Crippen LogP contribution in [0.25, 0.3) is 0 Å². The van der Waals surface area contributed by atoms with Gasteiger partial charge in [-0.25, -0.2) is 0 Å². The van der Waals surface area contributed by atoms with Crippen LogP contribution in [0.15, 0.2) is 24.5 Å². The largest absolute Gasteiger partial charge is 0.481 e. The number of hydrogen-bond acceptors (Lipinski definition) is 2. The summed E-state index contributed by atoms with van der Waals surface area (Å²) in [7, 11) is 0. The zero-order chi connectivity index (χ0) is 11.6. The van der Waals surface area contributed by atoms with Crippen LogP contribution >= 0.6 is 12.4 Å². The van der Waals surface area contributed by atoms with E-state index in [-0.39, 0.29) is 12.4 Å². The summed E-state index contributed by atoms with van der Waals surface area (Å²) in [6, 6.07) is 4.06. The first kappa shape index (κ1) is 15.9. The van der Waals surface area contributed by atoms with Gasteiger partial charge in [-0.05, 0) is 30.9 Å². The lowest BCUT2D eigenvalue weighted by molar-refractivity contribution is -0.137. The molecule has 0 aliphatic rings. The minimum Gasteiger partial charge on any atom is -0.481 e. The molecule has 0 saturated heterocycles. The number of aryl methyl sites for hydroxylation is 1. The number of carboxylic acid groups (broad SMARTS) is 1. The summed E-state index contributed by atoms with van der Waals surface area (Å²) in [4.78, 5) is 14.3. The number of carboxylic acids is 1. The fourth-order valence-corrected chi connectivity index (χ4v) is 1.68. The van der Waals surface area contributed by atoms with E-state index in [0.717, 1.165) is 25.7 Å². The number of pyridine rings is 1. The molecule has 1 heterocycles. The maximum Gasteiger partial charge on any atom is 0.303 e. The molecule has 0 bridgehead atoms. The molecular weight excluding hydrogens is 238 g/mol. The van der Waals surface area contributed by atoms with Gasteiger partial charge < -0.3 is 5.11 Å². The van der Waals surface area contributed by atoms with Crippen LogP contribution in [0.1, 0.15) is 44.1 Å². The molecule has 0 amide bonds. The monoisotopic (exact) mass is 257 g/mol. The predicted molar refractivity (Wildman–Crippen MR) is 70.5 cm³/mol. The van der Waals surface area contributed by atoms with Gasteiger partial charge in [0.15, 0.2) is 0 Å². The molecule has 96 valence electrons. The molecule has 4 heteroatoms. The molecule has 1 aromatic heterocycles. The molecule has 3 nitrogen and oxygen atoms in total. The number of aromatic nitrogens is 1. The molecule has 0 aromatic carbocycles. The molecule has 1 N–H and O–H groups in total. The maximum absolute atomic E-state index is 10.3. The summed E-state index contributed by atoms with van der Waals surface area (Å²) in [6.45, 7) is 0. The first-order chi connectivity index (χ1) is 7.79. The number of aliphatic carboxylic acids is 1. The van der Waals surface area contributed by atoms with Crippen molar-refractivity contribution < 1.29 is 9.90 Å². The van der Waals surface area contributed by atoms with Crippen LogP contribution in [-0.2, 0) is 11.2 Å². The van der Waals surface area contributed by atoms with E-state index in [9.17, 15) is 4.79 Å². The molecule has 0 radical (unpaired) electrons. The number of unbranched alkanes of at least 4 members (excludes halogenated alkanes) is 4. The first-order valence-electron chi connectivity index (χ1n) is 5.90. The molecule has 0 atom stereocenters. The van der Waals surface area contributed by atoms with Crippen molar-refractivity contribution in [2.45, 2.75) is 44.9 Å². The lowest BCUT2D eigenvalue weighted by Gasteiger charge is -2.01. The van der Waals surface area contributed by atoms with Crippen LogP contribution in [0.2, 0.25) is 0 Å². The van der Waals surface area contributed by atoms with E-state index in [1.165, 1.54) is 18.4 Å². The van der Waals surface area contributed by atoms with Crippen molar-refractivity contribution in [3.05, 3.63) is 30.1 Å². The molecule has 0 spiro atoms. The van der Waals surface area contributed by atoms with Gasteiger partial charge >= 0.3 is 5.97 Å². The van der Waals surface area contributed by atoms with Crippen LogP contribution < -0.4 is 0 Å². The summed E-state index contributed by atoms with van der Waals surface area (Å²) in [5.74, 6) is -0.685. The second-order valence-corrected chi connectivity index (χ2v) is 4.02. The third kappa shape index (κ3) is 8.69. The second kappa shape index (κ2) is 10.1. The van der Waals surface area contributed by atoms with E-state index in [1.807, 2.05) is 12.3 Å². The Bertz CT molecular complexity index is 304. The molecule has 1 aromatic rings. The predicted octanol–water partition coefficient (Wildman–Crippen LogP) is 3.47. The number of carbonyl (C=O) groups is 1. The lowest BCUT2D eigenvalue weighted by Crippen LogP contribution is -1.93. The van der Waals surface area contributed by atoms with Crippen molar-refractivity contribution in [1.29, 1.82) is 0 Å². The summed E-state index contributed by atoms with van der Waals surface area (Å²) in [6.07, 6.45) is 10.4. The topological polar surface area (TPSA) is 50.2 Å². The fourth-order valence-electron chi connectivity index (χ4n) is 1.68. The molecule has 0 unspecified atom stereocenters. The smallest absolute Gasteiger partial charge is 0.303 e. The zero-order valence-electron chi connectivity index (χ0n) is 9.97. The Balaban J connectivity index is 0.00000256. The van der Waals surface area contributed by atoms with Gasteiger partial charge in [-0.15, -0.1) is 12.4 Å². The van der Waals surface area contributed by atoms with Gasteiger partial charge in [0.05, 0.1) is 0 Å². The normalized spacial score (nSPS) is 9.65. The Morgan fingerprint density at radius 3 is 2.53 bits per heavy atom. The van der Waals surface area contributed by atoms with Gasteiger partial charge in [-0.1, -0.05) is 25.3 Å². The Hall–Kier alpha value is -1.09. The van der Waals surface area contributed by atoms with Crippen molar-refractivity contribution in [2.75, 3.05) is 0 Å². The highest BCUT2D eigenvalue weighted by Gasteiger charge is 1.97. The highest BCUT2D eigenvalue weighted by atomic mass is 35.5. The number of halogens is 1. The third-order valence-electron chi connectivity index (χ3n) is 2.58. The zero-order valence-corrected chi connectivity index (χ0v) is 10.8. The quantitative estimate of drug-likeness (QED) is 0.726. The highest BCUT2D eigenvalue weighted by molar-refractivity contribution is 5.85. The van der Waals surface area contributed by atoms with Gasteiger partial charge in [0.2, 0.25) is 0 Å². The van der Waals surface area contributed by atoms with Gasteiger partial charge in [0.25, 0.3) is 0 Å². The second-order valence-electron chi connectivity index (χ2n) is 4.02.